The molecule has 118 valence electrons. The largest absolute Gasteiger partial charge is 0.462 e. The fourth-order valence-corrected chi connectivity index (χ4v) is 3.43. The van der Waals surface area contributed by atoms with Crippen LogP contribution in [0.1, 0.15) is 54.6 Å². The third-order valence-corrected chi connectivity index (χ3v) is 4.49. The second-order valence-corrected chi connectivity index (χ2v) is 5.94. The lowest BCUT2D eigenvalue weighted by Crippen LogP contribution is -2.23. The van der Waals surface area contributed by atoms with Gasteiger partial charge in [-0.2, -0.15) is 0 Å². The smallest absolute Gasteiger partial charge is 0.343 e. The molecule has 0 amide bonds. The van der Waals surface area contributed by atoms with Crippen LogP contribution in [0.4, 0.5) is 10.7 Å². The van der Waals surface area contributed by atoms with Crippen LogP contribution in [0.25, 0.3) is 0 Å². The number of nitrogens with two attached hydrogens (primary N) is 1. The zero-order valence-electron chi connectivity index (χ0n) is 13.4. The Morgan fingerprint density at radius 2 is 1.81 bits per heavy atom. The summed E-state index contributed by atoms with van der Waals surface area (Å²) in [5.41, 5.74) is 6.66. The summed E-state index contributed by atoms with van der Waals surface area (Å²) in [7, 11) is 0. The van der Waals surface area contributed by atoms with Crippen LogP contribution in [0.3, 0.4) is 0 Å². The molecule has 1 aromatic rings. The molecule has 0 atom stereocenters. The zero-order valence-corrected chi connectivity index (χ0v) is 14.2. The highest BCUT2D eigenvalue weighted by Crippen LogP contribution is 2.39. The number of hydrogen-bond acceptors (Lipinski definition) is 6. The number of Topliss-reactive ketones (excluding diaryl/α,β-unsaturated/α-hetero) is 1. The van der Waals surface area contributed by atoms with E-state index in [0.717, 1.165) is 18.1 Å². The molecule has 0 bridgehead atoms. The van der Waals surface area contributed by atoms with Crippen molar-refractivity contribution in [3.05, 3.63) is 10.4 Å². The summed E-state index contributed by atoms with van der Waals surface area (Å²) in [5, 5.41) is 0.722. The van der Waals surface area contributed by atoms with Crippen LogP contribution in [0.5, 0.6) is 0 Å². The van der Waals surface area contributed by atoms with Crippen molar-refractivity contribution in [1.29, 1.82) is 0 Å². The average molecular weight is 312 g/mol. The molecule has 2 N–H and O–H groups in total. The van der Waals surface area contributed by atoms with Gasteiger partial charge in [0.25, 0.3) is 0 Å². The quantitative estimate of drug-likeness (QED) is 0.618. The summed E-state index contributed by atoms with van der Waals surface area (Å²) < 4.78 is 5.09. The van der Waals surface area contributed by atoms with Crippen LogP contribution >= 0.6 is 11.3 Å². The van der Waals surface area contributed by atoms with Crippen molar-refractivity contribution >= 4 is 33.8 Å². The monoisotopic (exact) mass is 312 g/mol. The second-order valence-electron chi connectivity index (χ2n) is 4.94. The van der Waals surface area contributed by atoms with Crippen molar-refractivity contribution in [2.24, 2.45) is 5.92 Å². The number of nitrogens with zero attached hydrogens (tertiary/aromatic N) is 1. The number of ether oxygens (including phenoxy) is 1. The van der Waals surface area contributed by atoms with E-state index in [1.54, 1.807) is 6.92 Å². The normalized spacial score (nSPS) is 10.8. The number of esters is 1. The minimum Gasteiger partial charge on any atom is -0.462 e. The highest BCUT2D eigenvalue weighted by atomic mass is 32.1. The van der Waals surface area contributed by atoms with Crippen LogP contribution in [0, 0.1) is 5.92 Å². The molecule has 6 heteroatoms. The molecule has 0 radical (unpaired) electrons. The van der Waals surface area contributed by atoms with Gasteiger partial charge in [0, 0.05) is 19.0 Å². The molecular weight excluding hydrogens is 288 g/mol. The van der Waals surface area contributed by atoms with E-state index in [2.05, 4.69) is 0 Å². The van der Waals surface area contributed by atoms with E-state index in [9.17, 15) is 9.59 Å². The molecule has 0 saturated carbocycles. The molecule has 1 heterocycles. The van der Waals surface area contributed by atoms with Crippen LogP contribution in [-0.4, -0.2) is 31.4 Å². The van der Waals surface area contributed by atoms with Crippen molar-refractivity contribution in [2.45, 2.75) is 34.6 Å². The van der Waals surface area contributed by atoms with E-state index in [1.807, 2.05) is 32.6 Å². The molecule has 0 aliphatic heterocycles. The first kappa shape index (κ1) is 17.5. The minimum atomic E-state index is -0.462. The van der Waals surface area contributed by atoms with Gasteiger partial charge >= 0.3 is 5.97 Å². The number of ketones is 1. The molecule has 0 unspecified atom stereocenters. The maximum absolute atomic E-state index is 12.3. The molecule has 1 aromatic heterocycles. The number of anilines is 2. The summed E-state index contributed by atoms with van der Waals surface area (Å²) in [6, 6.07) is 0. The molecule has 0 aliphatic rings. The van der Waals surface area contributed by atoms with Crippen molar-refractivity contribution in [1.82, 2.24) is 0 Å². The molecule has 0 aromatic carbocycles. The molecule has 0 aliphatic carbocycles. The third-order valence-electron chi connectivity index (χ3n) is 3.20. The van der Waals surface area contributed by atoms with Crippen molar-refractivity contribution < 1.29 is 14.3 Å². The third kappa shape index (κ3) is 3.56. The van der Waals surface area contributed by atoms with E-state index in [1.165, 1.54) is 11.3 Å². The van der Waals surface area contributed by atoms with Gasteiger partial charge in [-0.25, -0.2) is 4.79 Å². The van der Waals surface area contributed by atoms with Gasteiger partial charge in [-0.3, -0.25) is 4.79 Å². The van der Waals surface area contributed by atoms with E-state index in [0.29, 0.717) is 10.4 Å². The highest BCUT2D eigenvalue weighted by molar-refractivity contribution is 7.19. The predicted molar refractivity (Wildman–Crippen MR) is 87.4 cm³/mol. The Hall–Kier alpha value is -1.56. The SMILES string of the molecule is CCOC(=O)c1c(N(CC)CC)sc(C(=O)C(C)C)c1N. The Labute approximate surface area is 130 Å². The van der Waals surface area contributed by atoms with E-state index in [-0.39, 0.29) is 24.0 Å². The average Bonchev–Trinajstić information content (AvgIpc) is 2.77. The van der Waals surface area contributed by atoms with Gasteiger partial charge in [0.05, 0.1) is 17.2 Å². The maximum Gasteiger partial charge on any atom is 0.343 e. The number of carbonyl (C=O) groups is 2. The standard InChI is InChI=1S/C15H24N2O3S/c1-6-17(7-2)14-10(15(19)20-8-3)11(16)13(21-14)12(18)9(4)5/h9H,6-8,16H2,1-5H3. The first-order valence-corrected chi connectivity index (χ1v) is 8.09. The van der Waals surface area contributed by atoms with Crippen molar-refractivity contribution in [3.63, 3.8) is 0 Å². The Kier molecular flexibility index (Phi) is 6.20. The number of carbonyl (C=O) groups excluding carboxylic acids is 2. The van der Waals surface area contributed by atoms with Gasteiger partial charge in [0.15, 0.2) is 5.78 Å². The molecule has 0 saturated heterocycles. The molecule has 0 spiro atoms. The number of thiophene rings is 1. The number of rotatable bonds is 7. The van der Waals surface area contributed by atoms with E-state index in [4.69, 9.17) is 10.5 Å². The summed E-state index contributed by atoms with van der Waals surface area (Å²) in [4.78, 5) is 26.9. The molecule has 1 rings (SSSR count). The second kappa shape index (κ2) is 7.45. The van der Waals surface area contributed by atoms with Gasteiger partial charge in [-0.05, 0) is 20.8 Å². The molecule has 0 fully saturated rings. The molecular formula is C15H24N2O3S. The Morgan fingerprint density at radius 1 is 1.24 bits per heavy atom. The summed E-state index contributed by atoms with van der Waals surface area (Å²) in [6.07, 6.45) is 0. The predicted octanol–water partition coefficient (Wildman–Crippen LogP) is 3.19. The van der Waals surface area contributed by atoms with Crippen LogP contribution in [0.15, 0.2) is 0 Å². The summed E-state index contributed by atoms with van der Waals surface area (Å²) in [5.74, 6) is -0.664. The van der Waals surface area contributed by atoms with Gasteiger partial charge in [-0.1, -0.05) is 13.8 Å². The van der Waals surface area contributed by atoms with Gasteiger partial charge in [-0.15, -0.1) is 11.3 Å². The van der Waals surface area contributed by atoms with Crippen molar-refractivity contribution in [3.8, 4) is 0 Å². The zero-order chi connectivity index (χ0) is 16.2. The topological polar surface area (TPSA) is 72.6 Å². The van der Waals surface area contributed by atoms with E-state index >= 15 is 0 Å². The number of nitrogen functional groups attached to an aromatic ring is 1. The fraction of sp³-hybridized carbons (Fsp3) is 0.600. The van der Waals surface area contributed by atoms with E-state index < -0.39 is 5.97 Å². The molecule has 21 heavy (non-hydrogen) atoms. The van der Waals surface area contributed by atoms with Crippen LogP contribution < -0.4 is 10.6 Å². The fourth-order valence-electron chi connectivity index (χ4n) is 2.01. The van der Waals surface area contributed by atoms with Crippen molar-refractivity contribution in [2.75, 3.05) is 30.3 Å². The summed E-state index contributed by atoms with van der Waals surface area (Å²) in [6.45, 7) is 11.1. The van der Waals surface area contributed by atoms with Crippen LogP contribution in [0.2, 0.25) is 0 Å². The maximum atomic E-state index is 12.3. The first-order valence-electron chi connectivity index (χ1n) is 7.27. The van der Waals surface area contributed by atoms with Gasteiger partial charge < -0.3 is 15.4 Å². The van der Waals surface area contributed by atoms with Gasteiger partial charge in [0.1, 0.15) is 10.6 Å². The lowest BCUT2D eigenvalue weighted by atomic mass is 10.1. The lowest BCUT2D eigenvalue weighted by Gasteiger charge is -2.20. The Balaban J connectivity index is 3.43. The summed E-state index contributed by atoms with van der Waals surface area (Å²) >= 11 is 1.28. The Morgan fingerprint density at radius 3 is 2.24 bits per heavy atom. The van der Waals surface area contributed by atoms with Gasteiger partial charge in [0.2, 0.25) is 0 Å². The lowest BCUT2D eigenvalue weighted by molar-refractivity contribution is 0.0529. The minimum absolute atomic E-state index is 0.0403. The Bertz CT molecular complexity index is 519. The number of hydrogen-bond donors (Lipinski definition) is 1. The highest BCUT2D eigenvalue weighted by Gasteiger charge is 2.29. The molecule has 5 nitrogen and oxygen atoms in total. The van der Waals surface area contributed by atoms with Crippen LogP contribution in [-0.2, 0) is 4.74 Å². The first-order chi connectivity index (χ1) is 9.88.